The lowest BCUT2D eigenvalue weighted by atomic mass is 10.1. The van der Waals surface area contributed by atoms with Crippen molar-refractivity contribution in [3.8, 4) is 5.75 Å². The first-order valence-electron chi connectivity index (χ1n) is 7.11. The Labute approximate surface area is 124 Å². The second kappa shape index (κ2) is 6.02. The van der Waals surface area contributed by atoms with Crippen molar-refractivity contribution in [2.75, 3.05) is 7.11 Å². The predicted molar refractivity (Wildman–Crippen MR) is 84.5 cm³/mol. The number of methoxy groups -OCH3 is 1. The molecule has 1 aromatic heterocycles. The van der Waals surface area contributed by atoms with Gasteiger partial charge in [-0.1, -0.05) is 42.5 Å². The average Bonchev–Trinajstić information content (AvgIpc) is 2.96. The van der Waals surface area contributed by atoms with E-state index in [1.165, 1.54) is 5.56 Å². The van der Waals surface area contributed by atoms with Gasteiger partial charge >= 0.3 is 0 Å². The van der Waals surface area contributed by atoms with Crippen molar-refractivity contribution < 1.29 is 9.15 Å². The lowest BCUT2D eigenvalue weighted by Crippen LogP contribution is -2.17. The summed E-state index contributed by atoms with van der Waals surface area (Å²) < 4.78 is 11.2. The molecule has 0 radical (unpaired) electrons. The van der Waals surface area contributed by atoms with Gasteiger partial charge in [0.15, 0.2) is 11.3 Å². The van der Waals surface area contributed by atoms with Crippen molar-refractivity contribution >= 4 is 11.0 Å². The number of hydrogen-bond acceptors (Lipinski definition) is 3. The molecule has 0 spiro atoms. The summed E-state index contributed by atoms with van der Waals surface area (Å²) in [6.45, 7) is 2.84. The van der Waals surface area contributed by atoms with E-state index >= 15 is 0 Å². The van der Waals surface area contributed by atoms with Crippen LogP contribution >= 0.6 is 0 Å². The van der Waals surface area contributed by atoms with Gasteiger partial charge < -0.3 is 14.5 Å². The molecule has 108 valence electrons. The van der Waals surface area contributed by atoms with Crippen LogP contribution in [0.2, 0.25) is 0 Å². The first kappa shape index (κ1) is 13.7. The second-order valence-electron chi connectivity index (χ2n) is 5.10. The number of hydrogen-bond donors (Lipinski definition) is 1. The van der Waals surface area contributed by atoms with Crippen molar-refractivity contribution in [1.82, 2.24) is 5.32 Å². The fourth-order valence-electron chi connectivity index (χ4n) is 2.45. The standard InChI is InChI=1S/C18H19NO2/c1-13(14-7-4-3-5-8-14)19-12-16-11-15-9-6-10-17(20-2)18(15)21-16/h3-11,13,19H,12H2,1-2H3/t13-/m1/s1. The number of nitrogens with one attached hydrogen (secondary N) is 1. The highest BCUT2D eigenvalue weighted by Gasteiger charge is 2.10. The average molecular weight is 281 g/mol. The minimum absolute atomic E-state index is 0.279. The van der Waals surface area contributed by atoms with E-state index in [9.17, 15) is 0 Å². The van der Waals surface area contributed by atoms with E-state index in [0.29, 0.717) is 6.54 Å². The van der Waals surface area contributed by atoms with Gasteiger partial charge in [0.25, 0.3) is 0 Å². The van der Waals surface area contributed by atoms with Gasteiger partial charge in [-0.15, -0.1) is 0 Å². The molecule has 0 amide bonds. The lowest BCUT2D eigenvalue weighted by Gasteiger charge is -2.12. The summed E-state index contributed by atoms with van der Waals surface area (Å²) in [7, 11) is 1.66. The number of benzene rings is 2. The van der Waals surface area contributed by atoms with E-state index in [2.05, 4.69) is 42.6 Å². The quantitative estimate of drug-likeness (QED) is 0.757. The van der Waals surface area contributed by atoms with Crippen LogP contribution in [0.5, 0.6) is 5.75 Å². The molecule has 0 aliphatic heterocycles. The van der Waals surface area contributed by atoms with Gasteiger partial charge in [0.05, 0.1) is 13.7 Å². The van der Waals surface area contributed by atoms with Crippen molar-refractivity contribution in [2.45, 2.75) is 19.5 Å². The zero-order chi connectivity index (χ0) is 14.7. The van der Waals surface area contributed by atoms with Gasteiger partial charge in [-0.25, -0.2) is 0 Å². The smallest absolute Gasteiger partial charge is 0.176 e. The molecule has 1 N–H and O–H groups in total. The summed E-state index contributed by atoms with van der Waals surface area (Å²) in [4.78, 5) is 0. The molecule has 1 atom stereocenters. The van der Waals surface area contributed by atoms with Crippen LogP contribution in [0.25, 0.3) is 11.0 Å². The van der Waals surface area contributed by atoms with E-state index in [4.69, 9.17) is 9.15 Å². The highest BCUT2D eigenvalue weighted by Crippen LogP contribution is 2.28. The Morgan fingerprint density at radius 3 is 2.67 bits per heavy atom. The maximum absolute atomic E-state index is 5.89. The van der Waals surface area contributed by atoms with Crippen LogP contribution in [0, 0.1) is 0 Å². The van der Waals surface area contributed by atoms with Crippen LogP contribution in [-0.4, -0.2) is 7.11 Å². The second-order valence-corrected chi connectivity index (χ2v) is 5.10. The molecule has 3 nitrogen and oxygen atoms in total. The molecular weight excluding hydrogens is 262 g/mol. The number of ether oxygens (including phenoxy) is 1. The highest BCUT2D eigenvalue weighted by molar-refractivity contribution is 5.83. The number of rotatable bonds is 5. The molecule has 3 rings (SSSR count). The molecule has 0 saturated carbocycles. The van der Waals surface area contributed by atoms with E-state index in [1.54, 1.807) is 7.11 Å². The van der Waals surface area contributed by atoms with Crippen LogP contribution in [0.4, 0.5) is 0 Å². The molecule has 2 aromatic carbocycles. The number of furan rings is 1. The van der Waals surface area contributed by atoms with Crippen molar-refractivity contribution in [3.05, 3.63) is 65.9 Å². The van der Waals surface area contributed by atoms with Crippen molar-refractivity contribution in [3.63, 3.8) is 0 Å². The van der Waals surface area contributed by atoms with Crippen molar-refractivity contribution in [1.29, 1.82) is 0 Å². The van der Waals surface area contributed by atoms with E-state index in [0.717, 1.165) is 22.5 Å². The first-order valence-corrected chi connectivity index (χ1v) is 7.11. The largest absolute Gasteiger partial charge is 0.493 e. The van der Waals surface area contributed by atoms with Gasteiger partial charge in [-0.2, -0.15) is 0 Å². The van der Waals surface area contributed by atoms with Crippen molar-refractivity contribution in [2.24, 2.45) is 0 Å². The molecule has 0 unspecified atom stereocenters. The maximum Gasteiger partial charge on any atom is 0.176 e. The summed E-state index contributed by atoms with van der Waals surface area (Å²) in [6.07, 6.45) is 0. The fraction of sp³-hybridized carbons (Fsp3) is 0.222. The molecular formula is C18H19NO2. The molecule has 1 heterocycles. The predicted octanol–water partition coefficient (Wildman–Crippen LogP) is 4.29. The third-order valence-electron chi connectivity index (χ3n) is 3.66. The molecule has 21 heavy (non-hydrogen) atoms. The van der Waals surface area contributed by atoms with E-state index < -0.39 is 0 Å². The Balaban J connectivity index is 1.74. The Hall–Kier alpha value is -2.26. The zero-order valence-corrected chi connectivity index (χ0v) is 12.3. The summed E-state index contributed by atoms with van der Waals surface area (Å²) in [6, 6.07) is 18.6. The fourth-order valence-corrected chi connectivity index (χ4v) is 2.45. The maximum atomic E-state index is 5.89. The minimum Gasteiger partial charge on any atom is -0.493 e. The van der Waals surface area contributed by atoms with Gasteiger partial charge in [0.1, 0.15) is 5.76 Å². The third kappa shape index (κ3) is 2.93. The van der Waals surface area contributed by atoms with Gasteiger partial charge in [0, 0.05) is 11.4 Å². The molecule has 3 aromatic rings. The van der Waals surface area contributed by atoms with Crippen LogP contribution in [-0.2, 0) is 6.54 Å². The van der Waals surface area contributed by atoms with Crippen LogP contribution in [0.3, 0.4) is 0 Å². The Bertz CT molecular complexity index is 718. The topological polar surface area (TPSA) is 34.4 Å². The minimum atomic E-state index is 0.279. The summed E-state index contributed by atoms with van der Waals surface area (Å²) in [5.74, 6) is 1.69. The summed E-state index contributed by atoms with van der Waals surface area (Å²) in [5, 5.41) is 4.55. The van der Waals surface area contributed by atoms with Gasteiger partial charge in [-0.05, 0) is 24.6 Å². The molecule has 0 saturated heterocycles. The Kier molecular flexibility index (Phi) is 3.93. The molecule has 0 bridgehead atoms. The van der Waals surface area contributed by atoms with Gasteiger partial charge in [-0.3, -0.25) is 0 Å². The van der Waals surface area contributed by atoms with Crippen LogP contribution in [0.15, 0.2) is 59.0 Å². The zero-order valence-electron chi connectivity index (χ0n) is 12.3. The lowest BCUT2D eigenvalue weighted by molar-refractivity contribution is 0.405. The van der Waals surface area contributed by atoms with Crippen LogP contribution in [0.1, 0.15) is 24.3 Å². The normalized spacial score (nSPS) is 12.5. The van der Waals surface area contributed by atoms with Gasteiger partial charge in [0.2, 0.25) is 0 Å². The monoisotopic (exact) mass is 281 g/mol. The summed E-state index contributed by atoms with van der Waals surface area (Å²) >= 11 is 0. The molecule has 0 fully saturated rings. The summed E-state index contributed by atoms with van der Waals surface area (Å²) in [5.41, 5.74) is 2.08. The Morgan fingerprint density at radius 1 is 1.10 bits per heavy atom. The molecule has 3 heteroatoms. The number of fused-ring (bicyclic) bond motifs is 1. The molecule has 0 aliphatic carbocycles. The number of para-hydroxylation sites is 1. The van der Waals surface area contributed by atoms with E-state index in [1.807, 2.05) is 24.3 Å². The Morgan fingerprint density at radius 2 is 1.90 bits per heavy atom. The van der Waals surface area contributed by atoms with Crippen LogP contribution < -0.4 is 10.1 Å². The SMILES string of the molecule is COc1cccc2cc(CN[C@H](C)c3ccccc3)oc12. The van der Waals surface area contributed by atoms with E-state index in [-0.39, 0.29) is 6.04 Å². The highest BCUT2D eigenvalue weighted by atomic mass is 16.5. The molecule has 0 aliphatic rings. The first-order chi connectivity index (χ1) is 10.3. The third-order valence-corrected chi connectivity index (χ3v) is 3.66.